The van der Waals surface area contributed by atoms with Crippen molar-refractivity contribution in [2.75, 3.05) is 6.61 Å². The summed E-state index contributed by atoms with van der Waals surface area (Å²) in [6, 6.07) is 3.08. The minimum atomic E-state index is -4.69. The number of alkyl halides is 3. The molecule has 1 aromatic carbocycles. The van der Waals surface area contributed by atoms with E-state index in [1.807, 2.05) is 0 Å². The number of nitrogens with zero attached hydrogens (tertiary/aromatic N) is 2. The molecule has 0 amide bonds. The van der Waals surface area contributed by atoms with Gasteiger partial charge in [0.1, 0.15) is 6.07 Å². The zero-order valence-corrected chi connectivity index (χ0v) is 12.0. The van der Waals surface area contributed by atoms with Gasteiger partial charge in [-0.1, -0.05) is 0 Å². The average molecular weight is 334 g/mol. The van der Waals surface area contributed by atoms with Crippen molar-refractivity contribution in [3.05, 3.63) is 33.4 Å². The third-order valence-corrected chi connectivity index (χ3v) is 3.15. The summed E-state index contributed by atoms with van der Waals surface area (Å²) in [4.78, 5) is 20.9. The molecule has 6 nitrogen and oxygen atoms in total. The summed E-state index contributed by atoms with van der Waals surface area (Å²) in [5, 5.41) is 19.8. The lowest BCUT2D eigenvalue weighted by Crippen LogP contribution is -2.10. The first-order valence-corrected chi connectivity index (χ1v) is 6.62. The van der Waals surface area contributed by atoms with E-state index in [-0.39, 0.29) is 12.2 Å². The Balaban J connectivity index is 3.31. The van der Waals surface area contributed by atoms with Gasteiger partial charge in [-0.15, -0.1) is 0 Å². The van der Waals surface area contributed by atoms with Gasteiger partial charge in [0.15, 0.2) is 0 Å². The molecule has 0 aliphatic rings. The molecule has 0 atom stereocenters. The van der Waals surface area contributed by atoms with Crippen LogP contribution >= 0.6 is 11.8 Å². The van der Waals surface area contributed by atoms with Crippen LogP contribution in [0, 0.1) is 21.4 Å². The number of nitro groups is 1. The standard InChI is InChI=1S/C12H9F3N2O4S/c1-2-21-11(18)4-7-3-8(6-16)10(22-12(13,14)15)5-9(7)17(19)20/h3,5H,2,4H2,1H3. The molecule has 118 valence electrons. The summed E-state index contributed by atoms with van der Waals surface area (Å²) in [5.41, 5.74) is -5.93. The second kappa shape index (κ2) is 7.13. The Kier molecular flexibility index (Phi) is 5.76. The van der Waals surface area contributed by atoms with Gasteiger partial charge in [0, 0.05) is 16.5 Å². The molecular formula is C12H9F3N2O4S. The highest BCUT2D eigenvalue weighted by molar-refractivity contribution is 8.00. The Morgan fingerprint density at radius 2 is 2.14 bits per heavy atom. The minimum absolute atomic E-state index is 0.0553. The van der Waals surface area contributed by atoms with E-state index in [1.165, 1.54) is 13.0 Å². The van der Waals surface area contributed by atoms with Gasteiger partial charge < -0.3 is 4.74 Å². The Morgan fingerprint density at radius 3 is 2.59 bits per heavy atom. The second-order valence-electron chi connectivity index (χ2n) is 3.88. The highest BCUT2D eigenvalue weighted by Gasteiger charge is 2.32. The molecule has 0 bridgehead atoms. The molecule has 22 heavy (non-hydrogen) atoms. The number of hydrogen-bond acceptors (Lipinski definition) is 6. The second-order valence-corrected chi connectivity index (χ2v) is 4.98. The van der Waals surface area contributed by atoms with Crippen LogP contribution in [0.4, 0.5) is 18.9 Å². The lowest BCUT2D eigenvalue weighted by atomic mass is 10.1. The van der Waals surface area contributed by atoms with Crippen molar-refractivity contribution in [3.63, 3.8) is 0 Å². The topological polar surface area (TPSA) is 93.2 Å². The van der Waals surface area contributed by atoms with Crippen molar-refractivity contribution in [1.82, 2.24) is 0 Å². The number of rotatable bonds is 5. The number of ether oxygens (including phenoxy) is 1. The highest BCUT2D eigenvalue weighted by atomic mass is 32.2. The van der Waals surface area contributed by atoms with Crippen molar-refractivity contribution in [2.24, 2.45) is 0 Å². The summed E-state index contributed by atoms with van der Waals surface area (Å²) < 4.78 is 41.9. The van der Waals surface area contributed by atoms with Gasteiger partial charge in [-0.3, -0.25) is 14.9 Å². The molecule has 1 aromatic rings. The summed E-state index contributed by atoms with van der Waals surface area (Å²) in [7, 11) is 0. The number of halogens is 3. The van der Waals surface area contributed by atoms with E-state index < -0.39 is 50.7 Å². The molecule has 0 heterocycles. The van der Waals surface area contributed by atoms with Crippen molar-refractivity contribution in [3.8, 4) is 6.07 Å². The maximum Gasteiger partial charge on any atom is 0.446 e. The average Bonchev–Trinajstić information content (AvgIpc) is 2.38. The molecule has 1 rings (SSSR count). The Hall–Kier alpha value is -2.28. The maximum absolute atomic E-state index is 12.4. The smallest absolute Gasteiger partial charge is 0.446 e. The number of carbonyl (C=O) groups excluding carboxylic acids is 1. The predicted octanol–water partition coefficient (Wildman–Crippen LogP) is 3.18. The maximum atomic E-state index is 12.4. The summed E-state index contributed by atoms with van der Waals surface area (Å²) in [6.45, 7) is 1.59. The zero-order valence-electron chi connectivity index (χ0n) is 11.1. The van der Waals surface area contributed by atoms with Crippen LogP contribution in [0.5, 0.6) is 0 Å². The summed E-state index contributed by atoms with van der Waals surface area (Å²) in [5.74, 6) is -0.772. The lowest BCUT2D eigenvalue weighted by Gasteiger charge is -2.09. The number of thioether (sulfide) groups is 1. The van der Waals surface area contributed by atoms with Gasteiger partial charge in [0.25, 0.3) is 5.69 Å². The first-order valence-electron chi connectivity index (χ1n) is 5.80. The SMILES string of the molecule is CCOC(=O)Cc1cc(C#N)c(SC(F)(F)F)cc1[N+](=O)[O-]. The number of benzene rings is 1. The fourth-order valence-electron chi connectivity index (χ4n) is 1.59. The molecule has 0 radical (unpaired) electrons. The molecule has 0 aromatic heterocycles. The summed E-state index contributed by atoms with van der Waals surface area (Å²) in [6.07, 6.45) is -0.504. The van der Waals surface area contributed by atoms with Crippen molar-refractivity contribution in [1.29, 1.82) is 5.26 Å². The van der Waals surface area contributed by atoms with Gasteiger partial charge >= 0.3 is 11.5 Å². The van der Waals surface area contributed by atoms with Crippen LogP contribution in [0.25, 0.3) is 0 Å². The van der Waals surface area contributed by atoms with E-state index >= 15 is 0 Å². The van der Waals surface area contributed by atoms with Crippen LogP contribution in [-0.2, 0) is 16.0 Å². The molecular weight excluding hydrogens is 325 g/mol. The first-order chi connectivity index (χ1) is 10.2. The van der Waals surface area contributed by atoms with Crippen molar-refractivity contribution in [2.45, 2.75) is 23.7 Å². The quantitative estimate of drug-likeness (QED) is 0.355. The highest BCUT2D eigenvalue weighted by Crippen LogP contribution is 2.40. The van der Waals surface area contributed by atoms with E-state index in [0.717, 1.165) is 6.07 Å². The fraction of sp³-hybridized carbons (Fsp3) is 0.333. The van der Waals surface area contributed by atoms with Crippen LogP contribution in [-0.4, -0.2) is 23.0 Å². The van der Waals surface area contributed by atoms with Gasteiger partial charge in [-0.05, 0) is 24.8 Å². The minimum Gasteiger partial charge on any atom is -0.466 e. The number of esters is 1. The van der Waals surface area contributed by atoms with Crippen LogP contribution in [0.2, 0.25) is 0 Å². The van der Waals surface area contributed by atoms with Crippen LogP contribution < -0.4 is 0 Å². The fourth-order valence-corrected chi connectivity index (χ4v) is 2.22. The Bertz CT molecular complexity index is 640. The molecule has 0 fully saturated rings. The van der Waals surface area contributed by atoms with E-state index in [2.05, 4.69) is 4.74 Å². The zero-order chi connectivity index (χ0) is 16.9. The third kappa shape index (κ3) is 4.92. The van der Waals surface area contributed by atoms with E-state index in [0.29, 0.717) is 6.07 Å². The van der Waals surface area contributed by atoms with Gasteiger partial charge in [0.05, 0.1) is 23.5 Å². The molecule has 0 unspecified atom stereocenters. The molecule has 0 N–H and O–H groups in total. The summed E-state index contributed by atoms with van der Waals surface area (Å²) >= 11 is -0.622. The molecule has 0 aliphatic carbocycles. The van der Waals surface area contributed by atoms with Gasteiger partial charge in [0.2, 0.25) is 0 Å². The number of nitriles is 1. The van der Waals surface area contributed by atoms with Gasteiger partial charge in [-0.2, -0.15) is 18.4 Å². The number of nitro benzene ring substituents is 1. The van der Waals surface area contributed by atoms with E-state index in [1.54, 1.807) is 0 Å². The largest absolute Gasteiger partial charge is 0.466 e. The Morgan fingerprint density at radius 1 is 1.50 bits per heavy atom. The van der Waals surface area contributed by atoms with Crippen molar-refractivity contribution < 1.29 is 27.6 Å². The first kappa shape index (κ1) is 17.8. The third-order valence-electron chi connectivity index (χ3n) is 2.36. The number of carbonyl (C=O) groups is 1. The predicted molar refractivity (Wildman–Crippen MR) is 70.1 cm³/mol. The van der Waals surface area contributed by atoms with Crippen LogP contribution in [0.15, 0.2) is 17.0 Å². The van der Waals surface area contributed by atoms with Crippen molar-refractivity contribution >= 4 is 23.4 Å². The van der Waals surface area contributed by atoms with Gasteiger partial charge in [-0.25, -0.2) is 0 Å². The molecule has 10 heteroatoms. The normalized spacial score (nSPS) is 10.9. The monoisotopic (exact) mass is 334 g/mol. The molecule has 0 spiro atoms. The van der Waals surface area contributed by atoms with Crippen LogP contribution in [0.1, 0.15) is 18.1 Å². The lowest BCUT2D eigenvalue weighted by molar-refractivity contribution is -0.385. The van der Waals surface area contributed by atoms with E-state index in [4.69, 9.17) is 5.26 Å². The number of hydrogen-bond donors (Lipinski definition) is 0. The Labute approximate surface area is 127 Å². The molecule has 0 saturated heterocycles. The molecule has 0 saturated carbocycles. The van der Waals surface area contributed by atoms with Crippen LogP contribution in [0.3, 0.4) is 0 Å². The van der Waals surface area contributed by atoms with E-state index in [9.17, 15) is 28.1 Å². The molecule has 0 aliphatic heterocycles.